The number of rotatable bonds is 6. The van der Waals surface area contributed by atoms with Gasteiger partial charge in [0.1, 0.15) is 33.4 Å². The quantitative estimate of drug-likeness (QED) is 0.256. The van der Waals surface area contributed by atoms with Crippen molar-refractivity contribution >= 4 is 50.4 Å². The molecule has 9 heteroatoms. The van der Waals surface area contributed by atoms with Gasteiger partial charge in [0.25, 0.3) is 0 Å². The van der Waals surface area contributed by atoms with Gasteiger partial charge in [-0.05, 0) is 54.6 Å². The van der Waals surface area contributed by atoms with Crippen molar-refractivity contribution in [1.82, 2.24) is 0 Å². The summed E-state index contributed by atoms with van der Waals surface area (Å²) in [6.07, 6.45) is -1.81. The molecule has 4 rings (SSSR count). The maximum Gasteiger partial charge on any atom is 0.416 e. The van der Waals surface area contributed by atoms with Gasteiger partial charge in [-0.2, -0.15) is 16.3 Å². The zero-order valence-corrected chi connectivity index (χ0v) is 18.6. The topological polar surface area (TPSA) is 65.8 Å². The molecule has 2 N–H and O–H groups in total. The molecule has 3 aromatic carbocycles. The minimum Gasteiger partial charge on any atom is -0.355 e. The van der Waals surface area contributed by atoms with E-state index >= 15 is 0 Å². The fourth-order valence-corrected chi connectivity index (χ4v) is 4.20. The first kappa shape index (κ1) is 21.9. The molecule has 0 aliphatic carbocycles. The highest BCUT2D eigenvalue weighted by molar-refractivity contribution is 14.1. The molecule has 0 saturated heterocycles. The van der Waals surface area contributed by atoms with Gasteiger partial charge in [0.15, 0.2) is 0 Å². The highest BCUT2D eigenvalue weighted by Gasteiger charge is 2.29. The molecule has 162 valence electrons. The van der Waals surface area contributed by atoms with E-state index in [1.807, 2.05) is 36.4 Å². The number of benzene rings is 3. The number of hydrogen-bond acceptors (Lipinski definition) is 5. The van der Waals surface area contributed by atoms with Gasteiger partial charge in [-0.15, -0.1) is 0 Å². The van der Waals surface area contributed by atoms with Crippen LogP contribution >= 0.6 is 21.3 Å². The Morgan fingerprint density at radius 3 is 2.19 bits per heavy atom. The number of nitrogens with one attached hydrogen (secondary N) is 2. The average molecular weight is 548 g/mol. The third-order valence-electron chi connectivity index (χ3n) is 4.54. The zero-order valence-electron chi connectivity index (χ0n) is 16.4. The first-order valence-corrected chi connectivity index (χ1v) is 11.4. The molecule has 0 bridgehead atoms. The maximum absolute atomic E-state index is 12.8. The van der Waals surface area contributed by atoms with E-state index in [-0.39, 0.29) is 0 Å². The molecular formula is C23H16F3IN4O. The Morgan fingerprint density at radius 1 is 0.844 bits per heavy atom. The molecule has 32 heavy (non-hydrogen) atoms. The molecule has 1 aliphatic rings. The molecule has 0 fully saturated rings. The molecule has 0 aromatic heterocycles. The predicted molar refractivity (Wildman–Crippen MR) is 128 cm³/mol. The van der Waals surface area contributed by atoms with E-state index in [1.165, 1.54) is 12.1 Å². The molecule has 0 atom stereocenters. The lowest BCUT2D eigenvalue weighted by Crippen LogP contribution is -2.07. The fourth-order valence-electron chi connectivity index (χ4n) is 2.97. The van der Waals surface area contributed by atoms with Crippen LogP contribution in [0, 0.1) is 0 Å². The monoisotopic (exact) mass is 548 g/mol. The van der Waals surface area contributed by atoms with E-state index in [1.54, 1.807) is 18.2 Å². The van der Waals surface area contributed by atoms with Crippen LogP contribution in [0.1, 0.15) is 21.5 Å². The molecule has 1 heterocycles. The number of para-hydroxylation sites is 1. The highest BCUT2D eigenvalue weighted by Crippen LogP contribution is 2.31. The normalized spacial score (nSPS) is 13.5. The smallest absolute Gasteiger partial charge is 0.355 e. The number of allylic oxidation sites excluding steroid dienone is 1. The predicted octanol–water partition coefficient (Wildman–Crippen LogP) is 7.09. The zero-order chi connectivity index (χ0) is 22.6. The molecule has 3 aromatic rings. The van der Waals surface area contributed by atoms with Gasteiger partial charge in [0.2, 0.25) is 0 Å². The highest BCUT2D eigenvalue weighted by atomic mass is 127. The van der Waals surface area contributed by atoms with Crippen molar-refractivity contribution in [1.29, 1.82) is 0 Å². The van der Waals surface area contributed by atoms with Crippen molar-refractivity contribution in [3.63, 3.8) is 0 Å². The van der Waals surface area contributed by atoms with Gasteiger partial charge >= 0.3 is 6.18 Å². The second-order valence-electron chi connectivity index (χ2n) is 6.77. The SMILES string of the molecule is O=Cc1ccc(Nc2ccccc2C2=NI=NC(Nc3ccc(C(F)(F)F)cc3)=C2)cc1. The van der Waals surface area contributed by atoms with E-state index < -0.39 is 33.0 Å². The van der Waals surface area contributed by atoms with Crippen molar-refractivity contribution in [2.24, 2.45) is 6.35 Å². The van der Waals surface area contributed by atoms with Gasteiger partial charge in [-0.1, -0.05) is 18.2 Å². The van der Waals surface area contributed by atoms with Crippen LogP contribution in [-0.2, 0) is 6.18 Å². The first-order valence-electron chi connectivity index (χ1n) is 9.42. The lowest BCUT2D eigenvalue weighted by atomic mass is 10.1. The summed E-state index contributed by atoms with van der Waals surface area (Å²) in [7, 11) is 0. The van der Waals surface area contributed by atoms with Crippen LogP contribution in [0.2, 0.25) is 0 Å². The molecule has 0 radical (unpaired) electrons. The second kappa shape index (κ2) is 9.43. The standard InChI is InChI=1S/C23H16F3IN4O/c24-23(25,26)16-7-11-18(12-8-16)29-22-13-21(30-27-31-22)19-3-1-2-4-20(19)28-17-9-5-15(14-32)6-10-17/h1-14,28H,(H,29,30,31). The Labute approximate surface area is 192 Å². The average Bonchev–Trinajstić information content (AvgIpc) is 2.80. The number of alkyl halides is 3. The number of carbonyl (C=O) groups excluding carboxylic acids is 1. The molecule has 5 nitrogen and oxygen atoms in total. The Morgan fingerprint density at radius 2 is 1.50 bits per heavy atom. The summed E-state index contributed by atoms with van der Waals surface area (Å²) in [4.78, 5) is 10.9. The minimum absolute atomic E-state index is 0.514. The van der Waals surface area contributed by atoms with Crippen LogP contribution in [-0.4, -0.2) is 12.0 Å². The Balaban J connectivity index is 1.55. The Hall–Kier alpha value is -3.34. The molecular weight excluding hydrogens is 532 g/mol. The number of carbonyl (C=O) groups is 1. The molecule has 1 aliphatic heterocycles. The van der Waals surface area contributed by atoms with E-state index in [4.69, 9.17) is 0 Å². The number of anilines is 3. The second-order valence-corrected chi connectivity index (χ2v) is 8.17. The summed E-state index contributed by atoms with van der Waals surface area (Å²) in [5.41, 5.74) is 3.66. The van der Waals surface area contributed by atoms with Crippen molar-refractivity contribution in [3.8, 4) is 0 Å². The summed E-state index contributed by atoms with van der Waals surface area (Å²) in [5, 5.41) is 6.40. The summed E-state index contributed by atoms with van der Waals surface area (Å²) < 4.78 is 47.3. The Kier molecular flexibility index (Phi) is 6.45. The van der Waals surface area contributed by atoms with Crippen LogP contribution in [0.3, 0.4) is 0 Å². The number of nitrogens with zero attached hydrogens (tertiary/aromatic N) is 2. The summed E-state index contributed by atoms with van der Waals surface area (Å²) >= 11 is -0.860. The molecule has 0 saturated carbocycles. The van der Waals surface area contributed by atoms with Gasteiger partial charge in [-0.3, -0.25) is 4.79 Å². The maximum atomic E-state index is 12.8. The fraction of sp³-hybridized carbons (Fsp3) is 0.0435. The van der Waals surface area contributed by atoms with E-state index in [9.17, 15) is 18.0 Å². The van der Waals surface area contributed by atoms with Crippen LogP contribution in [0.15, 0.2) is 91.0 Å². The van der Waals surface area contributed by atoms with E-state index in [0.717, 1.165) is 41.1 Å². The third kappa shape index (κ3) is 5.28. The van der Waals surface area contributed by atoms with Gasteiger partial charge in [-0.25, -0.2) is 3.21 Å². The largest absolute Gasteiger partial charge is 0.416 e. The van der Waals surface area contributed by atoms with Crippen LogP contribution in [0.5, 0.6) is 0 Å². The Bertz CT molecular complexity index is 1220. The summed E-state index contributed by atoms with van der Waals surface area (Å²) in [6, 6.07) is 19.6. The summed E-state index contributed by atoms with van der Waals surface area (Å²) in [6.45, 7) is 0. The van der Waals surface area contributed by atoms with Gasteiger partial charge in [0.05, 0.1) is 11.3 Å². The third-order valence-corrected chi connectivity index (χ3v) is 6.02. The van der Waals surface area contributed by atoms with Crippen LogP contribution in [0.25, 0.3) is 0 Å². The molecule has 0 amide bonds. The van der Waals surface area contributed by atoms with E-state index in [2.05, 4.69) is 17.0 Å². The van der Waals surface area contributed by atoms with Crippen molar-refractivity contribution in [2.75, 3.05) is 10.6 Å². The molecule has 0 unspecified atom stereocenters. The summed E-state index contributed by atoms with van der Waals surface area (Å²) in [5.74, 6) is 0.549. The minimum atomic E-state index is -4.37. The number of hydrogen-bond donors (Lipinski definition) is 2. The van der Waals surface area contributed by atoms with Crippen molar-refractivity contribution in [3.05, 3.63) is 101 Å². The van der Waals surface area contributed by atoms with Gasteiger partial charge in [0, 0.05) is 34.3 Å². The van der Waals surface area contributed by atoms with Crippen LogP contribution < -0.4 is 10.6 Å². The van der Waals surface area contributed by atoms with Crippen molar-refractivity contribution in [2.45, 2.75) is 6.18 Å². The van der Waals surface area contributed by atoms with Gasteiger partial charge < -0.3 is 10.6 Å². The van der Waals surface area contributed by atoms with E-state index in [0.29, 0.717) is 17.1 Å². The molecule has 0 spiro atoms. The van der Waals surface area contributed by atoms with Crippen LogP contribution in [0.4, 0.5) is 30.2 Å². The number of halogens is 4. The lowest BCUT2D eigenvalue weighted by molar-refractivity contribution is -0.137. The van der Waals surface area contributed by atoms with Crippen molar-refractivity contribution < 1.29 is 18.0 Å². The lowest BCUT2D eigenvalue weighted by Gasteiger charge is -2.15. The number of aldehydes is 1. The first-order chi connectivity index (χ1) is 15.4.